The Bertz CT molecular complexity index is 729. The lowest BCUT2D eigenvalue weighted by molar-refractivity contribution is -0.152. The molecule has 1 amide bonds. The Labute approximate surface area is 145 Å². The summed E-state index contributed by atoms with van der Waals surface area (Å²) in [6.07, 6.45) is -1.61. The van der Waals surface area contributed by atoms with Crippen molar-refractivity contribution in [2.45, 2.75) is 25.7 Å². The molecule has 0 bridgehead atoms. The smallest absolute Gasteiger partial charge is 0.408 e. The SMILES string of the molecule is CCOC(=O)[C@H]1OC(=O)N[C@@H]1c1ccc(OCc2ccccc2)cc1. The number of benzene rings is 2. The van der Waals surface area contributed by atoms with E-state index in [4.69, 9.17) is 14.2 Å². The third-order valence-corrected chi connectivity index (χ3v) is 3.82. The molecule has 1 N–H and O–H groups in total. The highest BCUT2D eigenvalue weighted by molar-refractivity contribution is 5.83. The summed E-state index contributed by atoms with van der Waals surface area (Å²) < 4.78 is 15.7. The fourth-order valence-electron chi connectivity index (χ4n) is 2.60. The summed E-state index contributed by atoms with van der Waals surface area (Å²) in [5, 5.41) is 2.63. The van der Waals surface area contributed by atoms with Crippen LogP contribution in [0.15, 0.2) is 54.6 Å². The summed E-state index contributed by atoms with van der Waals surface area (Å²) in [6.45, 7) is 2.40. The van der Waals surface area contributed by atoms with E-state index in [1.807, 2.05) is 30.3 Å². The molecule has 130 valence electrons. The number of alkyl carbamates (subject to hydrolysis) is 1. The van der Waals surface area contributed by atoms with Crippen molar-refractivity contribution < 1.29 is 23.8 Å². The third kappa shape index (κ3) is 4.09. The molecular weight excluding hydrogens is 322 g/mol. The molecule has 0 aliphatic carbocycles. The average molecular weight is 341 g/mol. The van der Waals surface area contributed by atoms with Crippen LogP contribution in [0, 0.1) is 0 Å². The van der Waals surface area contributed by atoms with Gasteiger partial charge in [-0.2, -0.15) is 0 Å². The minimum absolute atomic E-state index is 0.228. The summed E-state index contributed by atoms with van der Waals surface area (Å²) in [6, 6.07) is 16.5. The number of amides is 1. The maximum Gasteiger partial charge on any atom is 0.408 e. The maximum absolute atomic E-state index is 11.9. The topological polar surface area (TPSA) is 73.9 Å². The van der Waals surface area contributed by atoms with Crippen LogP contribution in [0.3, 0.4) is 0 Å². The zero-order chi connectivity index (χ0) is 17.6. The second-order valence-corrected chi connectivity index (χ2v) is 5.54. The Hall–Kier alpha value is -3.02. The molecule has 2 atom stereocenters. The largest absolute Gasteiger partial charge is 0.489 e. The first-order valence-electron chi connectivity index (χ1n) is 8.08. The molecule has 1 fully saturated rings. The van der Waals surface area contributed by atoms with Gasteiger partial charge in [0.15, 0.2) is 0 Å². The summed E-state index contributed by atoms with van der Waals surface area (Å²) in [4.78, 5) is 23.4. The van der Waals surface area contributed by atoms with Crippen LogP contribution in [0.2, 0.25) is 0 Å². The Morgan fingerprint density at radius 1 is 1.12 bits per heavy atom. The van der Waals surface area contributed by atoms with E-state index in [0.717, 1.165) is 11.1 Å². The highest BCUT2D eigenvalue weighted by Crippen LogP contribution is 2.27. The molecule has 1 aliphatic rings. The van der Waals surface area contributed by atoms with Crippen LogP contribution >= 0.6 is 0 Å². The fourth-order valence-corrected chi connectivity index (χ4v) is 2.60. The molecule has 0 saturated carbocycles. The zero-order valence-corrected chi connectivity index (χ0v) is 13.8. The summed E-state index contributed by atoms with van der Waals surface area (Å²) >= 11 is 0. The van der Waals surface area contributed by atoms with Crippen LogP contribution in [0.4, 0.5) is 4.79 Å². The van der Waals surface area contributed by atoms with Crippen molar-refractivity contribution in [3.63, 3.8) is 0 Å². The van der Waals surface area contributed by atoms with Crippen LogP contribution in [-0.4, -0.2) is 24.8 Å². The van der Waals surface area contributed by atoms with Crippen LogP contribution < -0.4 is 10.1 Å². The van der Waals surface area contributed by atoms with Gasteiger partial charge in [-0.15, -0.1) is 0 Å². The van der Waals surface area contributed by atoms with E-state index in [-0.39, 0.29) is 6.61 Å². The maximum atomic E-state index is 11.9. The van der Waals surface area contributed by atoms with Gasteiger partial charge >= 0.3 is 12.1 Å². The highest BCUT2D eigenvalue weighted by Gasteiger charge is 2.41. The Morgan fingerprint density at radius 3 is 2.52 bits per heavy atom. The molecule has 0 radical (unpaired) electrons. The molecule has 1 saturated heterocycles. The molecule has 0 spiro atoms. The van der Waals surface area contributed by atoms with Gasteiger partial charge in [-0.1, -0.05) is 42.5 Å². The van der Waals surface area contributed by atoms with E-state index in [9.17, 15) is 9.59 Å². The molecule has 1 aliphatic heterocycles. The van der Waals surface area contributed by atoms with Crippen LogP contribution in [0.1, 0.15) is 24.1 Å². The summed E-state index contributed by atoms with van der Waals surface area (Å²) in [5.74, 6) is 0.140. The van der Waals surface area contributed by atoms with Gasteiger partial charge in [-0.05, 0) is 30.2 Å². The first kappa shape index (κ1) is 16.8. The van der Waals surface area contributed by atoms with Crippen molar-refractivity contribution in [1.29, 1.82) is 0 Å². The van der Waals surface area contributed by atoms with E-state index < -0.39 is 24.2 Å². The summed E-state index contributed by atoms with van der Waals surface area (Å²) in [7, 11) is 0. The van der Waals surface area contributed by atoms with E-state index in [1.54, 1.807) is 31.2 Å². The number of rotatable bonds is 6. The second kappa shape index (κ2) is 7.70. The Morgan fingerprint density at radius 2 is 1.84 bits per heavy atom. The molecule has 3 rings (SSSR count). The minimum atomic E-state index is -0.983. The predicted molar refractivity (Wildman–Crippen MR) is 90.0 cm³/mol. The number of esters is 1. The quantitative estimate of drug-likeness (QED) is 0.818. The molecule has 6 nitrogen and oxygen atoms in total. The van der Waals surface area contributed by atoms with Crippen molar-refractivity contribution in [1.82, 2.24) is 5.32 Å². The number of hydrogen-bond acceptors (Lipinski definition) is 5. The molecular formula is C19H19NO5. The molecule has 0 aromatic heterocycles. The van der Waals surface area contributed by atoms with E-state index >= 15 is 0 Å². The Balaban J connectivity index is 1.66. The Kier molecular flexibility index (Phi) is 5.18. The fraction of sp³-hybridized carbons (Fsp3) is 0.263. The van der Waals surface area contributed by atoms with Gasteiger partial charge in [0.1, 0.15) is 18.4 Å². The first-order chi connectivity index (χ1) is 12.2. The zero-order valence-electron chi connectivity index (χ0n) is 13.8. The van der Waals surface area contributed by atoms with Gasteiger partial charge in [-0.25, -0.2) is 9.59 Å². The van der Waals surface area contributed by atoms with Gasteiger partial charge in [0.05, 0.1) is 6.61 Å². The lowest BCUT2D eigenvalue weighted by atomic mass is 10.0. The van der Waals surface area contributed by atoms with Crippen LogP contribution in [0.5, 0.6) is 5.75 Å². The normalized spacial score (nSPS) is 19.0. The number of nitrogens with one attached hydrogen (secondary N) is 1. The first-order valence-corrected chi connectivity index (χ1v) is 8.08. The van der Waals surface area contributed by atoms with Gasteiger partial charge < -0.3 is 19.5 Å². The molecule has 25 heavy (non-hydrogen) atoms. The molecule has 6 heteroatoms. The standard InChI is InChI=1S/C19H19NO5/c1-2-23-18(21)17-16(20-19(22)25-17)14-8-10-15(11-9-14)24-12-13-6-4-3-5-7-13/h3-11,16-17H,2,12H2,1H3,(H,20,22)/t16-,17+/m1/s1. The molecule has 2 aromatic rings. The molecule has 2 aromatic carbocycles. The summed E-state index contributed by atoms with van der Waals surface area (Å²) in [5.41, 5.74) is 1.82. The number of carbonyl (C=O) groups is 2. The third-order valence-electron chi connectivity index (χ3n) is 3.82. The van der Waals surface area contributed by atoms with Gasteiger partial charge in [-0.3, -0.25) is 0 Å². The van der Waals surface area contributed by atoms with Crippen molar-refractivity contribution in [3.05, 3.63) is 65.7 Å². The van der Waals surface area contributed by atoms with Gasteiger partial charge in [0.25, 0.3) is 0 Å². The predicted octanol–water partition coefficient (Wildman–Crippen LogP) is 2.98. The van der Waals surface area contributed by atoms with Crippen molar-refractivity contribution in [2.24, 2.45) is 0 Å². The van der Waals surface area contributed by atoms with E-state index in [2.05, 4.69) is 5.32 Å². The monoisotopic (exact) mass is 341 g/mol. The lowest BCUT2D eigenvalue weighted by Crippen LogP contribution is -2.30. The van der Waals surface area contributed by atoms with Crippen molar-refractivity contribution >= 4 is 12.1 Å². The van der Waals surface area contributed by atoms with Crippen LogP contribution in [-0.2, 0) is 20.9 Å². The number of carbonyl (C=O) groups excluding carboxylic acids is 2. The van der Waals surface area contributed by atoms with Crippen molar-refractivity contribution in [2.75, 3.05) is 6.61 Å². The van der Waals surface area contributed by atoms with E-state index in [0.29, 0.717) is 12.4 Å². The highest BCUT2D eigenvalue weighted by atomic mass is 16.6. The number of hydrogen-bond donors (Lipinski definition) is 1. The van der Waals surface area contributed by atoms with Crippen LogP contribution in [0.25, 0.3) is 0 Å². The molecule has 1 heterocycles. The molecule has 0 unspecified atom stereocenters. The second-order valence-electron chi connectivity index (χ2n) is 5.54. The number of ether oxygens (including phenoxy) is 3. The lowest BCUT2D eigenvalue weighted by Gasteiger charge is -2.16. The van der Waals surface area contributed by atoms with Gasteiger partial charge in [0.2, 0.25) is 6.10 Å². The van der Waals surface area contributed by atoms with E-state index in [1.165, 1.54) is 0 Å². The average Bonchev–Trinajstić information content (AvgIpc) is 3.03. The van der Waals surface area contributed by atoms with Crippen molar-refractivity contribution in [3.8, 4) is 5.75 Å². The minimum Gasteiger partial charge on any atom is -0.489 e. The van der Waals surface area contributed by atoms with Gasteiger partial charge in [0, 0.05) is 0 Å². The number of cyclic esters (lactones) is 1.